The fraction of sp³-hybridized carbons (Fsp3) is 0.682. The average molecular weight is 406 g/mol. The lowest BCUT2D eigenvalue weighted by molar-refractivity contribution is 0.00254. The second-order valence-electron chi connectivity index (χ2n) is 8.49. The summed E-state index contributed by atoms with van der Waals surface area (Å²) >= 11 is 6.23. The largest absolute Gasteiger partial charge is 0.378 e. The van der Waals surface area contributed by atoms with Crippen molar-refractivity contribution >= 4 is 22.6 Å². The molecule has 0 bridgehead atoms. The van der Waals surface area contributed by atoms with E-state index in [4.69, 9.17) is 16.3 Å². The second kappa shape index (κ2) is 8.60. The van der Waals surface area contributed by atoms with Gasteiger partial charge in [0.05, 0.1) is 17.1 Å². The van der Waals surface area contributed by atoms with Crippen molar-refractivity contribution in [2.45, 2.75) is 77.0 Å². The van der Waals surface area contributed by atoms with Gasteiger partial charge in [-0.25, -0.2) is 4.79 Å². The van der Waals surface area contributed by atoms with Gasteiger partial charge in [-0.3, -0.25) is 4.57 Å². The average Bonchev–Trinajstić information content (AvgIpc) is 3.02. The number of benzene rings is 1. The Bertz CT molecular complexity index is 859. The number of aromatic amines is 1. The number of halogens is 1. The van der Waals surface area contributed by atoms with E-state index in [-0.39, 0.29) is 11.7 Å². The van der Waals surface area contributed by atoms with Gasteiger partial charge in [-0.2, -0.15) is 0 Å². The molecule has 0 atom stereocenters. The third-order valence-corrected chi connectivity index (χ3v) is 6.99. The Labute approximate surface area is 172 Å². The van der Waals surface area contributed by atoms with Gasteiger partial charge in [0.15, 0.2) is 0 Å². The summed E-state index contributed by atoms with van der Waals surface area (Å²) in [4.78, 5) is 18.2. The highest BCUT2D eigenvalue weighted by Gasteiger charge is 2.30. The third-order valence-electron chi connectivity index (χ3n) is 6.58. The first-order chi connectivity index (χ1) is 13.6. The van der Waals surface area contributed by atoms with Gasteiger partial charge < -0.3 is 14.6 Å². The van der Waals surface area contributed by atoms with Crippen molar-refractivity contribution in [3.05, 3.63) is 33.2 Å². The van der Waals surface area contributed by atoms with Crippen LogP contribution in [0.2, 0.25) is 5.02 Å². The number of hydrogen-bond donors (Lipinski definition) is 1. The predicted octanol–water partition coefficient (Wildman–Crippen LogP) is 4.67. The van der Waals surface area contributed by atoms with Gasteiger partial charge >= 0.3 is 5.69 Å². The lowest BCUT2D eigenvalue weighted by Gasteiger charge is -2.41. The van der Waals surface area contributed by atoms with E-state index in [1.807, 2.05) is 23.6 Å². The molecule has 6 heteroatoms. The number of aryl methyl sites for hydroxylation is 1. The first kappa shape index (κ1) is 20.0. The topological polar surface area (TPSA) is 50.3 Å². The molecule has 0 spiro atoms. The van der Waals surface area contributed by atoms with Crippen LogP contribution in [0, 0.1) is 6.92 Å². The van der Waals surface area contributed by atoms with Crippen LogP contribution in [-0.2, 0) is 4.74 Å². The number of ether oxygens (including phenoxy) is 1. The number of piperidine rings is 1. The molecule has 0 radical (unpaired) electrons. The molecule has 1 saturated heterocycles. The van der Waals surface area contributed by atoms with E-state index in [1.54, 1.807) is 0 Å². The zero-order chi connectivity index (χ0) is 19.7. The van der Waals surface area contributed by atoms with Crippen LogP contribution >= 0.6 is 11.6 Å². The van der Waals surface area contributed by atoms with E-state index in [2.05, 4.69) is 16.8 Å². The summed E-state index contributed by atoms with van der Waals surface area (Å²) < 4.78 is 7.90. The van der Waals surface area contributed by atoms with Gasteiger partial charge in [-0.1, -0.05) is 18.5 Å². The molecule has 154 valence electrons. The first-order valence-electron chi connectivity index (χ1n) is 10.8. The molecule has 1 saturated carbocycles. The second-order valence-corrected chi connectivity index (χ2v) is 8.89. The highest BCUT2D eigenvalue weighted by Crippen LogP contribution is 2.31. The Morgan fingerprint density at radius 3 is 2.50 bits per heavy atom. The predicted molar refractivity (Wildman–Crippen MR) is 114 cm³/mol. The van der Waals surface area contributed by atoms with Crippen molar-refractivity contribution in [3.63, 3.8) is 0 Å². The van der Waals surface area contributed by atoms with Crippen LogP contribution in [0.5, 0.6) is 0 Å². The zero-order valence-electron chi connectivity index (χ0n) is 17.0. The molecule has 2 fully saturated rings. The van der Waals surface area contributed by atoms with Crippen LogP contribution in [0.15, 0.2) is 16.9 Å². The van der Waals surface area contributed by atoms with Gasteiger partial charge in [0, 0.05) is 36.8 Å². The summed E-state index contributed by atoms with van der Waals surface area (Å²) in [7, 11) is 0. The number of nitrogens with zero attached hydrogens (tertiary/aromatic N) is 2. The molecule has 2 aromatic rings. The number of likely N-dealkylation sites (tertiary alicyclic amines) is 1. The fourth-order valence-corrected chi connectivity index (χ4v) is 5.15. The Morgan fingerprint density at radius 1 is 1.11 bits per heavy atom. The van der Waals surface area contributed by atoms with Gasteiger partial charge in [-0.05, 0) is 69.6 Å². The minimum atomic E-state index is -0.0105. The first-order valence-corrected chi connectivity index (χ1v) is 11.2. The summed E-state index contributed by atoms with van der Waals surface area (Å²) in [6, 6.07) is 4.86. The molecular formula is C22H32ClN3O2. The van der Waals surface area contributed by atoms with Crippen LogP contribution in [0.4, 0.5) is 0 Å². The Hall–Kier alpha value is -1.30. The molecule has 4 rings (SSSR count). The minimum Gasteiger partial charge on any atom is -0.378 e. The third kappa shape index (κ3) is 4.03. The van der Waals surface area contributed by atoms with Gasteiger partial charge in [0.25, 0.3) is 0 Å². The van der Waals surface area contributed by atoms with Crippen molar-refractivity contribution in [1.29, 1.82) is 0 Å². The van der Waals surface area contributed by atoms with Crippen LogP contribution < -0.4 is 5.69 Å². The monoisotopic (exact) mass is 405 g/mol. The maximum Gasteiger partial charge on any atom is 0.326 e. The van der Waals surface area contributed by atoms with Gasteiger partial charge in [0.1, 0.15) is 0 Å². The molecule has 2 aliphatic rings. The van der Waals surface area contributed by atoms with Crippen LogP contribution in [0.25, 0.3) is 11.0 Å². The zero-order valence-corrected chi connectivity index (χ0v) is 17.8. The van der Waals surface area contributed by atoms with E-state index < -0.39 is 0 Å². The molecule has 1 aromatic heterocycles. The van der Waals surface area contributed by atoms with Crippen molar-refractivity contribution in [3.8, 4) is 0 Å². The quantitative estimate of drug-likeness (QED) is 0.786. The van der Waals surface area contributed by atoms with Crippen LogP contribution in [0.3, 0.4) is 0 Å². The van der Waals surface area contributed by atoms with E-state index in [9.17, 15) is 4.79 Å². The number of nitrogens with one attached hydrogen (secondary N) is 1. The molecular weight excluding hydrogens is 374 g/mol. The van der Waals surface area contributed by atoms with Gasteiger partial charge in [0.2, 0.25) is 0 Å². The molecule has 2 heterocycles. The van der Waals surface area contributed by atoms with E-state index in [0.29, 0.717) is 17.2 Å². The number of hydrogen-bond acceptors (Lipinski definition) is 3. The van der Waals surface area contributed by atoms with Crippen molar-refractivity contribution < 1.29 is 4.74 Å². The lowest BCUT2D eigenvalue weighted by atomic mass is 9.90. The van der Waals surface area contributed by atoms with Crippen molar-refractivity contribution in [1.82, 2.24) is 14.5 Å². The molecule has 1 aromatic carbocycles. The Morgan fingerprint density at radius 2 is 1.82 bits per heavy atom. The SMILES string of the molecule is CCCO[C@H]1CC[C@H](N2CCC(n3c(=O)[nH]c4cc(Cl)c(C)cc43)CC2)CC1. The highest BCUT2D eigenvalue weighted by atomic mass is 35.5. The van der Waals surface area contributed by atoms with E-state index in [1.165, 1.54) is 25.7 Å². The van der Waals surface area contributed by atoms with Crippen molar-refractivity contribution in [2.24, 2.45) is 0 Å². The molecule has 1 aliphatic heterocycles. The summed E-state index contributed by atoms with van der Waals surface area (Å²) in [6.45, 7) is 7.20. The summed E-state index contributed by atoms with van der Waals surface area (Å²) in [5.41, 5.74) is 2.83. The maximum absolute atomic E-state index is 12.6. The van der Waals surface area contributed by atoms with Gasteiger partial charge in [-0.15, -0.1) is 0 Å². The van der Waals surface area contributed by atoms with Crippen molar-refractivity contribution in [2.75, 3.05) is 19.7 Å². The minimum absolute atomic E-state index is 0.0105. The molecule has 0 unspecified atom stereocenters. The normalized spacial score (nSPS) is 24.8. The number of rotatable bonds is 5. The van der Waals surface area contributed by atoms with Crippen LogP contribution in [-0.4, -0.2) is 46.3 Å². The van der Waals surface area contributed by atoms with Crippen LogP contribution in [0.1, 0.15) is 63.5 Å². The number of H-pyrrole nitrogens is 1. The molecule has 1 N–H and O–H groups in total. The molecule has 28 heavy (non-hydrogen) atoms. The number of fused-ring (bicyclic) bond motifs is 1. The highest BCUT2D eigenvalue weighted by molar-refractivity contribution is 6.32. The molecule has 5 nitrogen and oxygen atoms in total. The Balaban J connectivity index is 1.39. The smallest absolute Gasteiger partial charge is 0.326 e. The summed E-state index contributed by atoms with van der Waals surface area (Å²) in [6.07, 6.45) is 8.48. The van der Waals surface area contributed by atoms with E-state index >= 15 is 0 Å². The summed E-state index contributed by atoms with van der Waals surface area (Å²) in [5, 5.41) is 0.703. The van der Waals surface area contributed by atoms with E-state index in [0.717, 1.165) is 55.6 Å². The molecule has 1 aliphatic carbocycles. The Kier molecular flexibility index (Phi) is 6.14. The standard InChI is InChI=1S/C22H32ClN3O2/c1-3-12-28-18-6-4-16(5-7-18)25-10-8-17(9-11-25)26-21-13-15(2)19(23)14-20(21)24-22(26)27/h13-14,16-18H,3-12H2,1-2H3,(H,24,27)/t16-,18-. The summed E-state index contributed by atoms with van der Waals surface area (Å²) in [5.74, 6) is 0. The number of imidazole rings is 1. The maximum atomic E-state index is 12.6. The fourth-order valence-electron chi connectivity index (χ4n) is 4.98. The number of aromatic nitrogens is 2. The molecule has 0 amide bonds. The lowest BCUT2D eigenvalue weighted by Crippen LogP contribution is -2.45.